The first kappa shape index (κ1) is 10.8. The molecule has 0 aliphatic heterocycles. The van der Waals surface area contributed by atoms with E-state index in [1.807, 2.05) is 0 Å². The molecule has 0 spiro atoms. The molecular formula is C7H9FN2O3S. The van der Waals surface area contributed by atoms with Gasteiger partial charge < -0.3 is 9.15 Å². The summed E-state index contributed by atoms with van der Waals surface area (Å²) in [7, 11) is 0. The average molecular weight is 220 g/mol. The Morgan fingerprint density at radius 1 is 1.86 bits per heavy atom. The number of rotatable bonds is 4. The van der Waals surface area contributed by atoms with Crippen LogP contribution in [0.15, 0.2) is 21.9 Å². The fraction of sp³-hybridized carbons (Fsp3) is 0.429. The third-order valence-corrected chi connectivity index (χ3v) is 1.71. The lowest BCUT2D eigenvalue weighted by Gasteiger charge is -1.95. The molecule has 1 heterocycles. The van der Waals surface area contributed by atoms with Gasteiger partial charge in [0.2, 0.25) is 0 Å². The molecule has 5 nitrogen and oxygen atoms in total. The number of carbonyl (C=O) groups excluding carboxylic acids is 1. The van der Waals surface area contributed by atoms with Crippen LogP contribution >= 0.6 is 12.3 Å². The monoisotopic (exact) mass is 220 g/mol. The summed E-state index contributed by atoms with van der Waals surface area (Å²) in [6.07, 6.45) is 2.63. The highest BCUT2D eigenvalue weighted by Gasteiger charge is 2.01. The molecule has 0 saturated heterocycles. The molecule has 0 bridgehead atoms. The van der Waals surface area contributed by atoms with Crippen molar-refractivity contribution in [2.45, 2.75) is 6.92 Å². The van der Waals surface area contributed by atoms with Crippen molar-refractivity contribution in [3.05, 3.63) is 18.1 Å². The van der Waals surface area contributed by atoms with Crippen LogP contribution in [0, 0.1) is 0 Å². The zero-order chi connectivity index (χ0) is 10.4. The van der Waals surface area contributed by atoms with Gasteiger partial charge in [0.25, 0.3) is 0 Å². The number of nitrogens with zero attached hydrogens (tertiary/aromatic N) is 2. The van der Waals surface area contributed by atoms with Crippen molar-refractivity contribution in [3.8, 4) is 0 Å². The van der Waals surface area contributed by atoms with Crippen molar-refractivity contribution in [2.75, 3.05) is 13.2 Å². The first-order valence-electron chi connectivity index (χ1n) is 3.89. The third-order valence-electron chi connectivity index (χ3n) is 1.28. The molecule has 0 N–H and O–H groups in total. The van der Waals surface area contributed by atoms with Gasteiger partial charge >= 0.3 is 11.7 Å². The zero-order valence-electron chi connectivity index (χ0n) is 7.47. The van der Waals surface area contributed by atoms with Crippen molar-refractivity contribution >= 4 is 18.3 Å². The molecular weight excluding hydrogens is 211 g/mol. The number of hydrogen-bond donors (Lipinski definition) is 0. The maximum Gasteiger partial charge on any atom is 0.327 e. The minimum Gasteiger partial charge on any atom is -0.465 e. The van der Waals surface area contributed by atoms with Crippen LogP contribution in [0.3, 0.4) is 0 Å². The summed E-state index contributed by atoms with van der Waals surface area (Å²) in [6, 6.07) is 0. The van der Waals surface area contributed by atoms with Crippen LogP contribution in [0.4, 0.5) is 3.89 Å². The molecule has 0 unspecified atom stereocenters. The van der Waals surface area contributed by atoms with Gasteiger partial charge in [-0.1, -0.05) is 0 Å². The summed E-state index contributed by atoms with van der Waals surface area (Å²) in [5.41, 5.74) is 0.0329. The Hall–Kier alpha value is -1.24. The van der Waals surface area contributed by atoms with Gasteiger partial charge in [-0.3, -0.25) is 4.79 Å². The summed E-state index contributed by atoms with van der Waals surface area (Å²) < 4.78 is 22.6. The summed E-state index contributed by atoms with van der Waals surface area (Å²) in [5, 5.41) is 0. The Kier molecular flexibility index (Phi) is 4.24. The van der Waals surface area contributed by atoms with Crippen LogP contribution in [0.5, 0.6) is 0 Å². The van der Waals surface area contributed by atoms with E-state index in [1.54, 1.807) is 6.92 Å². The third kappa shape index (κ3) is 2.91. The van der Waals surface area contributed by atoms with Crippen LogP contribution in [0.25, 0.3) is 0 Å². The van der Waals surface area contributed by atoms with Crippen molar-refractivity contribution < 1.29 is 17.8 Å². The molecule has 7 heteroatoms. The van der Waals surface area contributed by atoms with E-state index < -0.39 is 5.97 Å². The topological polar surface area (TPSA) is 56.7 Å². The molecule has 1 aromatic rings. The van der Waals surface area contributed by atoms with E-state index >= 15 is 0 Å². The van der Waals surface area contributed by atoms with Crippen molar-refractivity contribution in [2.24, 2.45) is 4.99 Å². The van der Waals surface area contributed by atoms with Gasteiger partial charge in [-0.05, 0) is 6.92 Å². The number of hydrogen-bond acceptors (Lipinski definition) is 5. The minimum absolute atomic E-state index is 0.0329. The van der Waals surface area contributed by atoms with Crippen LogP contribution < -0.4 is 5.68 Å². The van der Waals surface area contributed by atoms with Crippen LogP contribution in [-0.4, -0.2) is 23.1 Å². The Labute approximate surface area is 84.0 Å². The highest BCUT2D eigenvalue weighted by Crippen LogP contribution is 2.01. The van der Waals surface area contributed by atoms with Crippen molar-refractivity contribution in [1.82, 2.24) is 3.97 Å². The van der Waals surface area contributed by atoms with Gasteiger partial charge in [-0.15, -0.1) is 3.89 Å². The molecule has 0 aliphatic carbocycles. The number of carbonyl (C=O) groups is 1. The van der Waals surface area contributed by atoms with Gasteiger partial charge in [0.15, 0.2) is 12.3 Å². The fourth-order valence-electron chi connectivity index (χ4n) is 0.761. The molecule has 0 aliphatic rings. The molecule has 1 aromatic heterocycles. The van der Waals surface area contributed by atoms with E-state index in [-0.39, 0.29) is 24.6 Å². The van der Waals surface area contributed by atoms with Crippen LogP contribution in [0.2, 0.25) is 0 Å². The van der Waals surface area contributed by atoms with E-state index in [9.17, 15) is 8.68 Å². The molecule has 0 atom stereocenters. The highest BCUT2D eigenvalue weighted by molar-refractivity contribution is 7.92. The molecule has 0 aromatic carbocycles. The normalized spacial score (nSPS) is 11.7. The molecule has 78 valence electrons. The fourth-order valence-corrected chi connectivity index (χ4v) is 1.02. The van der Waals surface area contributed by atoms with Gasteiger partial charge in [0.05, 0.1) is 12.8 Å². The molecule has 0 saturated carbocycles. The predicted molar refractivity (Wildman–Crippen MR) is 47.9 cm³/mol. The number of ether oxygens (including phenoxy) is 1. The average Bonchev–Trinajstić information content (AvgIpc) is 2.62. The van der Waals surface area contributed by atoms with E-state index in [1.165, 1.54) is 12.5 Å². The minimum atomic E-state index is -0.473. The van der Waals surface area contributed by atoms with Crippen molar-refractivity contribution in [1.29, 1.82) is 0 Å². The van der Waals surface area contributed by atoms with Crippen LogP contribution in [0.1, 0.15) is 6.92 Å². The van der Waals surface area contributed by atoms with E-state index in [0.29, 0.717) is 6.61 Å². The first-order valence-corrected chi connectivity index (χ1v) is 4.56. The SMILES string of the molecule is CCOC(=O)CN=c1occn1SF. The van der Waals surface area contributed by atoms with Gasteiger partial charge in [-0.2, -0.15) is 0 Å². The van der Waals surface area contributed by atoms with Gasteiger partial charge in [-0.25, -0.2) is 8.96 Å². The smallest absolute Gasteiger partial charge is 0.327 e. The number of esters is 1. The number of aromatic nitrogens is 1. The first-order chi connectivity index (χ1) is 6.77. The van der Waals surface area contributed by atoms with Crippen LogP contribution in [-0.2, 0) is 9.53 Å². The molecule has 0 amide bonds. The Balaban J connectivity index is 2.64. The van der Waals surface area contributed by atoms with E-state index in [4.69, 9.17) is 4.42 Å². The second kappa shape index (κ2) is 5.48. The van der Waals surface area contributed by atoms with E-state index in [2.05, 4.69) is 9.73 Å². The Morgan fingerprint density at radius 2 is 2.64 bits per heavy atom. The lowest BCUT2D eigenvalue weighted by Crippen LogP contribution is -2.14. The summed E-state index contributed by atoms with van der Waals surface area (Å²) >= 11 is -0.0558. The summed E-state index contributed by atoms with van der Waals surface area (Å²) in [5.74, 6) is -0.473. The summed E-state index contributed by atoms with van der Waals surface area (Å²) in [4.78, 5) is 14.6. The number of oxazole rings is 1. The largest absolute Gasteiger partial charge is 0.465 e. The van der Waals surface area contributed by atoms with Crippen molar-refractivity contribution in [3.63, 3.8) is 0 Å². The standard InChI is InChI=1S/C7H9FN2O3S/c1-2-12-6(11)5-9-7-10(14-8)3-4-13-7/h3-4H,2,5H2,1H3. The maximum absolute atomic E-state index is 12.1. The highest BCUT2D eigenvalue weighted by atomic mass is 32.2. The molecule has 0 fully saturated rings. The Bertz CT molecular complexity index is 360. The Morgan fingerprint density at radius 3 is 3.29 bits per heavy atom. The maximum atomic E-state index is 12.1. The van der Waals surface area contributed by atoms with Gasteiger partial charge in [0, 0.05) is 0 Å². The lowest BCUT2D eigenvalue weighted by atomic mass is 10.7. The summed E-state index contributed by atoms with van der Waals surface area (Å²) in [6.45, 7) is 1.81. The van der Waals surface area contributed by atoms with Gasteiger partial charge in [0.1, 0.15) is 12.8 Å². The second-order valence-electron chi connectivity index (χ2n) is 2.20. The second-order valence-corrected chi connectivity index (χ2v) is 2.73. The lowest BCUT2D eigenvalue weighted by molar-refractivity contribution is -0.141. The predicted octanol–water partition coefficient (Wildman–Crippen LogP) is 0.926. The molecule has 1 rings (SSSR count). The van der Waals surface area contributed by atoms with E-state index in [0.717, 1.165) is 3.97 Å². The molecule has 0 radical (unpaired) electrons. The molecule has 14 heavy (non-hydrogen) atoms. The number of halogens is 1. The quantitative estimate of drug-likeness (QED) is 0.708. The zero-order valence-corrected chi connectivity index (χ0v) is 8.29.